The highest BCUT2D eigenvalue weighted by molar-refractivity contribution is 8.15. The van der Waals surface area contributed by atoms with Crippen molar-refractivity contribution in [3.05, 3.63) is 65.2 Å². The summed E-state index contributed by atoms with van der Waals surface area (Å²) in [7, 11) is 0. The van der Waals surface area contributed by atoms with Crippen LogP contribution in [0.2, 0.25) is 10.0 Å². The Balaban J connectivity index is 1.73. The molecule has 2 aromatic carbocycles. The van der Waals surface area contributed by atoms with Gasteiger partial charge in [0.1, 0.15) is 5.25 Å². The number of carbonyl (C=O) groups excluding carboxylic acids is 2. The Labute approximate surface area is 202 Å². The lowest BCUT2D eigenvalue weighted by molar-refractivity contribution is -0.127. The molecule has 5 nitrogen and oxygen atoms in total. The van der Waals surface area contributed by atoms with E-state index in [2.05, 4.69) is 16.9 Å². The number of anilines is 1. The molecule has 1 N–H and O–H groups in total. The number of nitrogens with zero attached hydrogens (tertiary/aromatic N) is 2. The van der Waals surface area contributed by atoms with Gasteiger partial charge < -0.3 is 5.32 Å². The molecule has 1 aliphatic rings. The van der Waals surface area contributed by atoms with E-state index in [9.17, 15) is 18.4 Å². The van der Waals surface area contributed by atoms with Gasteiger partial charge in [0, 0.05) is 17.9 Å². The van der Waals surface area contributed by atoms with Crippen molar-refractivity contribution in [1.29, 1.82) is 0 Å². The van der Waals surface area contributed by atoms with Crippen molar-refractivity contribution in [2.45, 2.75) is 22.3 Å². The van der Waals surface area contributed by atoms with Gasteiger partial charge in [-0.15, -0.1) is 6.58 Å². The minimum atomic E-state index is -2.51. The molecule has 1 atom stereocenters. The number of benzene rings is 2. The molecule has 168 valence electrons. The molecular weight excluding hydrogens is 499 g/mol. The standard InChI is InChI=1S/C21H17Cl2F2N3O2S2/c1-2-10-28-19(30)16(11-17(29)27-15-5-3-4-14(22)18(15)23)32-21(28)26-12-6-8-13(9-7-12)31-20(24)25/h2-9,16,20H,1,10-11H2,(H,27,29)/t16-/m0/s1. The van der Waals surface area contributed by atoms with E-state index < -0.39 is 16.9 Å². The third kappa shape index (κ3) is 6.25. The lowest BCUT2D eigenvalue weighted by Gasteiger charge is -2.14. The maximum atomic E-state index is 12.8. The van der Waals surface area contributed by atoms with E-state index in [0.29, 0.717) is 38.2 Å². The second-order valence-electron chi connectivity index (χ2n) is 6.46. The van der Waals surface area contributed by atoms with E-state index >= 15 is 0 Å². The summed E-state index contributed by atoms with van der Waals surface area (Å²) in [6, 6.07) is 11.1. The van der Waals surface area contributed by atoms with Crippen molar-refractivity contribution >= 4 is 75.1 Å². The van der Waals surface area contributed by atoms with E-state index in [-0.39, 0.29) is 23.9 Å². The number of hydrogen-bond donors (Lipinski definition) is 1. The first-order valence-corrected chi connectivity index (χ1v) is 11.8. The second-order valence-corrected chi connectivity index (χ2v) is 9.48. The maximum Gasteiger partial charge on any atom is 0.288 e. The lowest BCUT2D eigenvalue weighted by atomic mass is 10.2. The van der Waals surface area contributed by atoms with E-state index in [1.54, 1.807) is 36.4 Å². The second kappa shape index (κ2) is 11.2. The number of thioether (sulfide) groups is 2. The molecule has 1 fully saturated rings. The smallest absolute Gasteiger partial charge is 0.288 e. The Hall–Kier alpha value is -2.07. The zero-order valence-corrected chi connectivity index (χ0v) is 19.6. The topological polar surface area (TPSA) is 61.8 Å². The van der Waals surface area contributed by atoms with Gasteiger partial charge >= 0.3 is 0 Å². The predicted octanol–water partition coefficient (Wildman–Crippen LogP) is 6.45. The van der Waals surface area contributed by atoms with E-state index in [1.165, 1.54) is 17.0 Å². The summed E-state index contributed by atoms with van der Waals surface area (Å²) < 4.78 is 25.0. The molecule has 0 aromatic heterocycles. The van der Waals surface area contributed by atoms with Crippen LogP contribution in [0.3, 0.4) is 0 Å². The van der Waals surface area contributed by atoms with Crippen LogP contribution in [0, 0.1) is 0 Å². The van der Waals surface area contributed by atoms with Crippen LogP contribution in [0.1, 0.15) is 6.42 Å². The minimum absolute atomic E-state index is 0.0943. The number of amidine groups is 1. The molecule has 0 radical (unpaired) electrons. The van der Waals surface area contributed by atoms with Gasteiger partial charge in [0.2, 0.25) is 11.8 Å². The Bertz CT molecular complexity index is 1050. The molecule has 1 heterocycles. The van der Waals surface area contributed by atoms with E-state index in [0.717, 1.165) is 11.8 Å². The molecule has 32 heavy (non-hydrogen) atoms. The maximum absolute atomic E-state index is 12.8. The van der Waals surface area contributed by atoms with Crippen LogP contribution in [-0.4, -0.2) is 39.4 Å². The average molecular weight is 516 g/mol. The van der Waals surface area contributed by atoms with Gasteiger partial charge in [-0.1, -0.05) is 58.9 Å². The SMILES string of the molecule is C=CCN1C(=O)[C@H](CC(=O)Nc2cccc(Cl)c2Cl)SC1=Nc1ccc(SC(F)F)cc1. The largest absolute Gasteiger partial charge is 0.325 e. The molecule has 0 unspecified atom stereocenters. The van der Waals surface area contributed by atoms with Crippen molar-refractivity contribution in [3.8, 4) is 0 Å². The van der Waals surface area contributed by atoms with Crippen molar-refractivity contribution in [2.75, 3.05) is 11.9 Å². The normalized spacial score (nSPS) is 17.3. The summed E-state index contributed by atoms with van der Waals surface area (Å²) in [4.78, 5) is 31.7. The van der Waals surface area contributed by atoms with Gasteiger partial charge in [0.05, 0.1) is 21.4 Å². The highest BCUT2D eigenvalue weighted by atomic mass is 35.5. The summed E-state index contributed by atoms with van der Waals surface area (Å²) in [6.45, 7) is 3.89. The number of amides is 2. The van der Waals surface area contributed by atoms with Crippen LogP contribution < -0.4 is 5.32 Å². The molecule has 2 aromatic rings. The van der Waals surface area contributed by atoms with Gasteiger partial charge in [0.15, 0.2) is 5.17 Å². The molecule has 2 amide bonds. The fraction of sp³-hybridized carbons (Fsp3) is 0.190. The van der Waals surface area contributed by atoms with Gasteiger partial charge in [-0.25, -0.2) is 4.99 Å². The van der Waals surface area contributed by atoms with Gasteiger partial charge in [-0.2, -0.15) is 8.78 Å². The van der Waals surface area contributed by atoms with Gasteiger partial charge in [-0.3, -0.25) is 14.5 Å². The van der Waals surface area contributed by atoms with Crippen molar-refractivity contribution < 1.29 is 18.4 Å². The van der Waals surface area contributed by atoms with Gasteiger partial charge in [0.25, 0.3) is 5.76 Å². The molecule has 1 aliphatic heterocycles. The number of halogens is 4. The molecule has 0 bridgehead atoms. The number of nitrogens with one attached hydrogen (secondary N) is 1. The van der Waals surface area contributed by atoms with Crippen molar-refractivity contribution in [1.82, 2.24) is 4.90 Å². The third-order valence-corrected chi connectivity index (χ3v) is 6.93. The first-order valence-electron chi connectivity index (χ1n) is 9.25. The fourth-order valence-electron chi connectivity index (χ4n) is 2.80. The molecule has 0 aliphatic carbocycles. The fourth-order valence-corrected chi connectivity index (χ4v) is 4.82. The quantitative estimate of drug-likeness (QED) is 0.324. The van der Waals surface area contributed by atoms with Gasteiger partial charge in [-0.05, 0) is 36.4 Å². The van der Waals surface area contributed by atoms with Crippen molar-refractivity contribution in [2.24, 2.45) is 4.99 Å². The minimum Gasteiger partial charge on any atom is -0.325 e. The first kappa shape index (κ1) is 24.6. The Morgan fingerprint density at radius 1 is 1.28 bits per heavy atom. The van der Waals surface area contributed by atoms with Crippen molar-refractivity contribution in [3.63, 3.8) is 0 Å². The van der Waals surface area contributed by atoms with Crippen LogP contribution in [0.5, 0.6) is 0 Å². The zero-order valence-electron chi connectivity index (χ0n) is 16.4. The molecule has 1 saturated heterocycles. The van der Waals surface area contributed by atoms with Crippen LogP contribution >= 0.6 is 46.7 Å². The Kier molecular flexibility index (Phi) is 8.58. The van der Waals surface area contributed by atoms with Crippen LogP contribution in [0.15, 0.2) is 65.0 Å². The summed E-state index contributed by atoms with van der Waals surface area (Å²) in [5.41, 5.74) is 0.863. The molecule has 11 heteroatoms. The molecule has 0 spiro atoms. The van der Waals surface area contributed by atoms with Crippen LogP contribution in [0.4, 0.5) is 20.2 Å². The molecular formula is C21H17Cl2F2N3O2S2. The summed E-state index contributed by atoms with van der Waals surface area (Å²) in [6.07, 6.45) is 1.47. The van der Waals surface area contributed by atoms with E-state index in [1.807, 2.05) is 0 Å². The van der Waals surface area contributed by atoms with Crippen LogP contribution in [0.25, 0.3) is 0 Å². The number of rotatable bonds is 8. The monoisotopic (exact) mass is 515 g/mol. The number of alkyl halides is 2. The summed E-state index contributed by atoms with van der Waals surface area (Å²) in [5.74, 6) is -3.17. The number of hydrogen-bond acceptors (Lipinski definition) is 5. The first-order chi connectivity index (χ1) is 15.3. The molecule has 0 saturated carbocycles. The highest BCUT2D eigenvalue weighted by Gasteiger charge is 2.38. The average Bonchev–Trinajstić information content (AvgIpc) is 3.01. The van der Waals surface area contributed by atoms with Crippen LogP contribution in [-0.2, 0) is 9.59 Å². The van der Waals surface area contributed by atoms with E-state index in [4.69, 9.17) is 23.2 Å². The summed E-state index contributed by atoms with van der Waals surface area (Å²) >= 11 is 13.7. The third-order valence-electron chi connectivity index (χ3n) is 4.21. The lowest BCUT2D eigenvalue weighted by Crippen LogP contribution is -2.33. The Morgan fingerprint density at radius 3 is 2.66 bits per heavy atom. The zero-order chi connectivity index (χ0) is 23.3. The summed E-state index contributed by atoms with van der Waals surface area (Å²) in [5, 5.41) is 2.92. The Morgan fingerprint density at radius 2 is 2.00 bits per heavy atom. The number of carbonyl (C=O) groups is 2. The number of aliphatic imine (C=N–C) groups is 1. The molecule has 3 rings (SSSR count). The highest BCUT2D eigenvalue weighted by Crippen LogP contribution is 2.34. The predicted molar refractivity (Wildman–Crippen MR) is 128 cm³/mol.